The lowest BCUT2D eigenvalue weighted by atomic mass is 10.1. The Hall–Kier alpha value is -3.46. The van der Waals surface area contributed by atoms with E-state index in [1.54, 1.807) is 0 Å². The van der Waals surface area contributed by atoms with Crippen molar-refractivity contribution in [1.29, 1.82) is 0 Å². The van der Waals surface area contributed by atoms with Gasteiger partial charge in [0, 0.05) is 10.9 Å². The van der Waals surface area contributed by atoms with Gasteiger partial charge in [-0.15, -0.1) is 11.3 Å². The van der Waals surface area contributed by atoms with Crippen LogP contribution in [0.2, 0.25) is 0 Å². The highest BCUT2D eigenvalue weighted by Crippen LogP contribution is 2.34. The largest absolute Gasteiger partial charge is 0.418 e. The molecule has 0 saturated heterocycles. The second kappa shape index (κ2) is 7.75. The standard InChI is InChI=1S/C21H14F3N3O2S/c22-21(23,24)15-8-4-5-9-16(15)26-17(28)10-27-12-25-18-14(11-30-19(18)20(27)29)13-6-2-1-3-7-13/h1-9,11-12H,10H2,(H,26,28). The van der Waals surface area contributed by atoms with Crippen LogP contribution >= 0.6 is 11.3 Å². The van der Waals surface area contributed by atoms with E-state index >= 15 is 0 Å². The van der Waals surface area contributed by atoms with Gasteiger partial charge in [0.05, 0.1) is 23.1 Å². The molecular weight excluding hydrogens is 415 g/mol. The van der Waals surface area contributed by atoms with Gasteiger partial charge in [0.15, 0.2) is 0 Å². The number of carbonyl (C=O) groups excluding carboxylic acids is 1. The summed E-state index contributed by atoms with van der Waals surface area (Å²) in [6, 6.07) is 14.1. The fourth-order valence-corrected chi connectivity index (χ4v) is 4.04. The summed E-state index contributed by atoms with van der Waals surface area (Å²) < 4.78 is 40.7. The van der Waals surface area contributed by atoms with Gasteiger partial charge in [-0.25, -0.2) is 4.98 Å². The van der Waals surface area contributed by atoms with Crippen LogP contribution in [0.15, 0.2) is 71.1 Å². The van der Waals surface area contributed by atoms with Crippen LogP contribution in [-0.4, -0.2) is 15.5 Å². The van der Waals surface area contributed by atoms with Crippen LogP contribution in [0.4, 0.5) is 18.9 Å². The molecule has 0 aliphatic carbocycles. The van der Waals surface area contributed by atoms with Crippen molar-refractivity contribution in [3.63, 3.8) is 0 Å². The molecule has 0 bridgehead atoms. The Morgan fingerprint density at radius 3 is 2.50 bits per heavy atom. The Morgan fingerprint density at radius 2 is 1.77 bits per heavy atom. The van der Waals surface area contributed by atoms with E-state index < -0.39 is 29.8 Å². The summed E-state index contributed by atoms with van der Waals surface area (Å²) in [6.07, 6.45) is -3.37. The number of nitrogens with one attached hydrogen (secondary N) is 1. The first-order valence-corrected chi connectivity index (χ1v) is 9.70. The van der Waals surface area contributed by atoms with E-state index in [-0.39, 0.29) is 5.69 Å². The number of carbonyl (C=O) groups is 1. The lowest BCUT2D eigenvalue weighted by Gasteiger charge is -2.13. The Balaban J connectivity index is 1.60. The number of anilines is 1. The van der Waals surface area contributed by atoms with Crippen LogP contribution in [0.3, 0.4) is 0 Å². The second-order valence-electron chi connectivity index (χ2n) is 6.46. The molecule has 0 saturated carbocycles. The minimum atomic E-state index is -4.61. The Labute approximate surface area is 172 Å². The van der Waals surface area contributed by atoms with E-state index in [0.717, 1.165) is 27.8 Å². The molecule has 0 atom stereocenters. The zero-order valence-electron chi connectivity index (χ0n) is 15.3. The van der Waals surface area contributed by atoms with Gasteiger partial charge in [-0.3, -0.25) is 14.2 Å². The lowest BCUT2D eigenvalue weighted by Crippen LogP contribution is -2.28. The highest BCUT2D eigenvalue weighted by atomic mass is 32.1. The topological polar surface area (TPSA) is 64.0 Å². The summed E-state index contributed by atoms with van der Waals surface area (Å²) in [4.78, 5) is 29.4. The maximum Gasteiger partial charge on any atom is 0.418 e. The normalized spacial score (nSPS) is 11.6. The SMILES string of the molecule is O=C(Cn1cnc2c(-c3ccccc3)csc2c1=O)Nc1ccccc1C(F)(F)F. The fourth-order valence-electron chi connectivity index (χ4n) is 3.06. The molecule has 0 spiro atoms. The highest BCUT2D eigenvalue weighted by Gasteiger charge is 2.33. The number of hydrogen-bond donors (Lipinski definition) is 1. The highest BCUT2D eigenvalue weighted by molar-refractivity contribution is 7.17. The maximum atomic E-state index is 13.1. The van der Waals surface area contributed by atoms with E-state index in [1.165, 1.54) is 29.8 Å². The van der Waals surface area contributed by atoms with Crippen LogP contribution in [0.25, 0.3) is 21.3 Å². The zero-order chi connectivity index (χ0) is 21.3. The van der Waals surface area contributed by atoms with Gasteiger partial charge in [0.25, 0.3) is 5.56 Å². The van der Waals surface area contributed by atoms with Crippen LogP contribution in [0, 0.1) is 0 Å². The summed E-state index contributed by atoms with van der Waals surface area (Å²) in [5.41, 5.74) is 0.504. The predicted octanol–water partition coefficient (Wildman–Crippen LogP) is 4.78. The number of nitrogens with zero attached hydrogens (tertiary/aromatic N) is 2. The lowest BCUT2D eigenvalue weighted by molar-refractivity contribution is -0.137. The first-order valence-electron chi connectivity index (χ1n) is 8.83. The first-order chi connectivity index (χ1) is 14.3. The summed E-state index contributed by atoms with van der Waals surface area (Å²) >= 11 is 1.21. The van der Waals surface area contributed by atoms with Gasteiger partial charge >= 0.3 is 6.18 Å². The van der Waals surface area contributed by atoms with E-state index in [2.05, 4.69) is 10.3 Å². The summed E-state index contributed by atoms with van der Waals surface area (Å²) in [5.74, 6) is -0.755. The van der Waals surface area contributed by atoms with Gasteiger partial charge in [0.1, 0.15) is 11.2 Å². The minimum absolute atomic E-state index is 0.362. The zero-order valence-corrected chi connectivity index (χ0v) is 16.1. The van der Waals surface area contributed by atoms with Gasteiger partial charge in [-0.05, 0) is 17.7 Å². The number of benzene rings is 2. The van der Waals surface area contributed by atoms with Crippen molar-refractivity contribution in [3.8, 4) is 11.1 Å². The number of para-hydroxylation sites is 1. The molecule has 2 aromatic heterocycles. The molecule has 2 heterocycles. The van der Waals surface area contributed by atoms with Crippen LogP contribution in [-0.2, 0) is 17.5 Å². The number of rotatable bonds is 4. The van der Waals surface area contributed by atoms with Crippen molar-refractivity contribution in [3.05, 3.63) is 82.2 Å². The Morgan fingerprint density at radius 1 is 1.07 bits per heavy atom. The van der Waals surface area contributed by atoms with Crippen molar-refractivity contribution in [1.82, 2.24) is 9.55 Å². The predicted molar refractivity (Wildman–Crippen MR) is 109 cm³/mol. The number of aromatic nitrogens is 2. The average Bonchev–Trinajstić information content (AvgIpc) is 3.15. The fraction of sp³-hybridized carbons (Fsp3) is 0.0952. The average molecular weight is 429 g/mol. The minimum Gasteiger partial charge on any atom is -0.324 e. The summed E-state index contributed by atoms with van der Waals surface area (Å²) in [6.45, 7) is -0.452. The number of fused-ring (bicyclic) bond motifs is 1. The third kappa shape index (κ3) is 3.84. The number of hydrogen-bond acceptors (Lipinski definition) is 4. The molecule has 0 radical (unpaired) electrons. The molecule has 4 rings (SSSR count). The monoisotopic (exact) mass is 429 g/mol. The molecule has 30 heavy (non-hydrogen) atoms. The molecular formula is C21H14F3N3O2S. The molecule has 0 fully saturated rings. The Kier molecular flexibility index (Phi) is 5.13. The van der Waals surface area contributed by atoms with Gasteiger partial charge in [0.2, 0.25) is 5.91 Å². The maximum absolute atomic E-state index is 13.1. The van der Waals surface area contributed by atoms with E-state index in [4.69, 9.17) is 0 Å². The second-order valence-corrected chi connectivity index (χ2v) is 7.34. The van der Waals surface area contributed by atoms with E-state index in [1.807, 2.05) is 35.7 Å². The van der Waals surface area contributed by atoms with Gasteiger partial charge in [-0.1, -0.05) is 42.5 Å². The molecule has 0 aliphatic rings. The third-order valence-electron chi connectivity index (χ3n) is 4.45. The Bertz CT molecular complexity index is 1280. The molecule has 2 aromatic carbocycles. The van der Waals surface area contributed by atoms with Crippen LogP contribution in [0.5, 0.6) is 0 Å². The first kappa shape index (κ1) is 19.8. The van der Waals surface area contributed by atoms with Crippen LogP contribution in [0.1, 0.15) is 5.56 Å². The van der Waals surface area contributed by atoms with Crippen molar-refractivity contribution in [2.24, 2.45) is 0 Å². The summed E-state index contributed by atoms with van der Waals surface area (Å²) in [5, 5.41) is 4.05. The quantitative estimate of drug-likeness (QED) is 0.508. The van der Waals surface area contributed by atoms with Crippen molar-refractivity contribution in [2.45, 2.75) is 12.7 Å². The van der Waals surface area contributed by atoms with Gasteiger partial charge < -0.3 is 5.32 Å². The summed E-state index contributed by atoms with van der Waals surface area (Å²) in [7, 11) is 0. The van der Waals surface area contributed by atoms with Crippen LogP contribution < -0.4 is 10.9 Å². The third-order valence-corrected chi connectivity index (χ3v) is 5.41. The number of halogens is 3. The molecule has 5 nitrogen and oxygen atoms in total. The van der Waals surface area contributed by atoms with Crippen molar-refractivity contribution < 1.29 is 18.0 Å². The molecule has 9 heteroatoms. The molecule has 0 unspecified atom stereocenters. The molecule has 1 amide bonds. The van der Waals surface area contributed by atoms with E-state index in [0.29, 0.717) is 10.2 Å². The molecule has 4 aromatic rings. The molecule has 0 aliphatic heterocycles. The number of amides is 1. The van der Waals surface area contributed by atoms with Gasteiger partial charge in [-0.2, -0.15) is 13.2 Å². The molecule has 1 N–H and O–H groups in total. The number of alkyl halides is 3. The molecule has 152 valence electrons. The smallest absolute Gasteiger partial charge is 0.324 e. The number of thiophene rings is 1. The van der Waals surface area contributed by atoms with E-state index in [9.17, 15) is 22.8 Å². The van der Waals surface area contributed by atoms with Crippen molar-refractivity contribution in [2.75, 3.05) is 5.32 Å². The van der Waals surface area contributed by atoms with Crippen molar-refractivity contribution >= 4 is 33.1 Å².